The first-order chi connectivity index (χ1) is 9.97. The van der Waals surface area contributed by atoms with E-state index in [0.717, 1.165) is 24.8 Å². The van der Waals surface area contributed by atoms with Crippen LogP contribution in [0.2, 0.25) is 0 Å². The zero-order valence-corrected chi connectivity index (χ0v) is 12.9. The summed E-state index contributed by atoms with van der Waals surface area (Å²) in [4.78, 5) is 12.1. The number of aromatic hydroxyl groups is 1. The fraction of sp³-hybridized carbons (Fsp3) is 0.588. The molecule has 1 saturated carbocycles. The second-order valence-electron chi connectivity index (χ2n) is 6.59. The van der Waals surface area contributed by atoms with Gasteiger partial charge >= 0.3 is 0 Å². The molecule has 114 valence electrons. The Labute approximate surface area is 125 Å². The summed E-state index contributed by atoms with van der Waals surface area (Å²) >= 11 is 0. The molecular formula is C17H24N2O2. The molecule has 3 rings (SSSR count). The van der Waals surface area contributed by atoms with Crippen LogP contribution in [0.5, 0.6) is 5.75 Å². The van der Waals surface area contributed by atoms with Crippen molar-refractivity contribution in [1.29, 1.82) is 0 Å². The van der Waals surface area contributed by atoms with E-state index in [1.54, 1.807) is 6.07 Å². The molecule has 1 amide bonds. The lowest BCUT2D eigenvalue weighted by Crippen LogP contribution is -2.44. The fourth-order valence-electron chi connectivity index (χ4n) is 3.43. The molecule has 4 nitrogen and oxygen atoms in total. The molecule has 3 atom stereocenters. The minimum absolute atomic E-state index is 0.0508. The highest BCUT2D eigenvalue weighted by atomic mass is 16.3. The van der Waals surface area contributed by atoms with Gasteiger partial charge in [0.1, 0.15) is 5.75 Å². The Hall–Kier alpha value is -1.55. The van der Waals surface area contributed by atoms with Crippen LogP contribution in [0.1, 0.15) is 61.8 Å². The van der Waals surface area contributed by atoms with E-state index in [9.17, 15) is 9.90 Å². The van der Waals surface area contributed by atoms with Crippen LogP contribution in [0.4, 0.5) is 0 Å². The number of carbonyl (C=O) groups excluding carboxylic acids is 1. The number of nitrogens with one attached hydrogen (secondary N) is 2. The van der Waals surface area contributed by atoms with Gasteiger partial charge in [0, 0.05) is 17.6 Å². The SMILES string of the molecule is Cc1ccc(O)c2c1C(C)CC2NC(C)C(=O)NC1CC1. The molecule has 1 aromatic carbocycles. The van der Waals surface area contributed by atoms with E-state index >= 15 is 0 Å². The number of hydrogen-bond donors (Lipinski definition) is 3. The molecule has 2 aliphatic carbocycles. The molecule has 0 radical (unpaired) electrons. The van der Waals surface area contributed by atoms with Crippen molar-refractivity contribution in [3.8, 4) is 5.75 Å². The average molecular weight is 288 g/mol. The van der Waals surface area contributed by atoms with E-state index < -0.39 is 0 Å². The Morgan fingerprint density at radius 3 is 2.71 bits per heavy atom. The maximum absolute atomic E-state index is 12.1. The molecule has 0 heterocycles. The predicted molar refractivity (Wildman–Crippen MR) is 82.4 cm³/mol. The highest BCUT2D eigenvalue weighted by Crippen LogP contribution is 2.46. The second-order valence-corrected chi connectivity index (χ2v) is 6.59. The second kappa shape index (κ2) is 5.34. The van der Waals surface area contributed by atoms with Crippen molar-refractivity contribution in [2.24, 2.45) is 0 Å². The minimum Gasteiger partial charge on any atom is -0.508 e. The Morgan fingerprint density at radius 2 is 2.05 bits per heavy atom. The zero-order valence-electron chi connectivity index (χ0n) is 12.9. The van der Waals surface area contributed by atoms with E-state index in [4.69, 9.17) is 0 Å². The maximum Gasteiger partial charge on any atom is 0.237 e. The molecule has 2 aliphatic rings. The number of carbonyl (C=O) groups is 1. The summed E-state index contributed by atoms with van der Waals surface area (Å²) in [6.45, 7) is 6.16. The van der Waals surface area contributed by atoms with Crippen LogP contribution in [0.25, 0.3) is 0 Å². The van der Waals surface area contributed by atoms with Crippen molar-refractivity contribution in [3.63, 3.8) is 0 Å². The van der Waals surface area contributed by atoms with Gasteiger partial charge in [-0.2, -0.15) is 0 Å². The van der Waals surface area contributed by atoms with Crippen LogP contribution in [0, 0.1) is 6.92 Å². The number of hydrogen-bond acceptors (Lipinski definition) is 3. The molecule has 0 bridgehead atoms. The lowest BCUT2D eigenvalue weighted by Gasteiger charge is -2.21. The Kier molecular flexibility index (Phi) is 3.66. The highest BCUT2D eigenvalue weighted by molar-refractivity contribution is 5.82. The number of aryl methyl sites for hydroxylation is 1. The summed E-state index contributed by atoms with van der Waals surface area (Å²) < 4.78 is 0. The highest BCUT2D eigenvalue weighted by Gasteiger charge is 2.34. The molecule has 0 aromatic heterocycles. The minimum atomic E-state index is -0.242. The number of amides is 1. The van der Waals surface area contributed by atoms with Crippen molar-refractivity contribution in [2.75, 3.05) is 0 Å². The zero-order chi connectivity index (χ0) is 15.1. The lowest BCUT2D eigenvalue weighted by atomic mass is 9.97. The Bertz CT molecular complexity index is 566. The molecule has 21 heavy (non-hydrogen) atoms. The topological polar surface area (TPSA) is 61.4 Å². The maximum atomic E-state index is 12.1. The largest absolute Gasteiger partial charge is 0.508 e. The molecule has 3 unspecified atom stereocenters. The van der Waals surface area contributed by atoms with E-state index in [2.05, 4.69) is 24.5 Å². The number of phenols is 1. The van der Waals surface area contributed by atoms with Crippen molar-refractivity contribution >= 4 is 5.91 Å². The van der Waals surface area contributed by atoms with E-state index in [1.165, 1.54) is 11.1 Å². The van der Waals surface area contributed by atoms with Gasteiger partial charge < -0.3 is 10.4 Å². The van der Waals surface area contributed by atoms with Gasteiger partial charge in [0.2, 0.25) is 5.91 Å². The third-order valence-corrected chi connectivity index (χ3v) is 4.68. The standard InChI is InChI=1S/C17H24N2O2/c1-9-4-7-14(20)16-13(8-10(2)15(9)16)18-11(3)17(21)19-12-5-6-12/h4,7,10-13,18,20H,5-6,8H2,1-3H3,(H,19,21). The quantitative estimate of drug-likeness (QED) is 0.798. The third-order valence-electron chi connectivity index (χ3n) is 4.68. The molecular weight excluding hydrogens is 264 g/mol. The summed E-state index contributed by atoms with van der Waals surface area (Å²) in [6.07, 6.45) is 3.12. The smallest absolute Gasteiger partial charge is 0.237 e. The van der Waals surface area contributed by atoms with Crippen LogP contribution in [0.3, 0.4) is 0 Å². The summed E-state index contributed by atoms with van der Waals surface area (Å²) in [7, 11) is 0. The number of fused-ring (bicyclic) bond motifs is 1. The first kappa shape index (κ1) is 14.4. The van der Waals surface area contributed by atoms with Gasteiger partial charge in [-0.25, -0.2) is 0 Å². The molecule has 1 aromatic rings. The number of rotatable bonds is 4. The van der Waals surface area contributed by atoms with Gasteiger partial charge in [0.05, 0.1) is 6.04 Å². The van der Waals surface area contributed by atoms with Gasteiger partial charge in [-0.15, -0.1) is 0 Å². The molecule has 0 aliphatic heterocycles. The molecule has 4 heteroatoms. The number of benzene rings is 1. The van der Waals surface area contributed by atoms with Crippen LogP contribution < -0.4 is 10.6 Å². The Morgan fingerprint density at radius 1 is 1.33 bits per heavy atom. The van der Waals surface area contributed by atoms with Crippen molar-refractivity contribution in [3.05, 3.63) is 28.8 Å². The van der Waals surface area contributed by atoms with Crippen LogP contribution >= 0.6 is 0 Å². The van der Waals surface area contributed by atoms with E-state index in [1.807, 2.05) is 13.0 Å². The first-order valence-corrected chi connectivity index (χ1v) is 7.86. The summed E-state index contributed by atoms with van der Waals surface area (Å²) in [5.41, 5.74) is 3.44. The Balaban J connectivity index is 1.76. The summed E-state index contributed by atoms with van der Waals surface area (Å²) in [5, 5.41) is 16.6. The molecule has 3 N–H and O–H groups in total. The summed E-state index contributed by atoms with van der Waals surface area (Å²) in [6, 6.07) is 3.92. The average Bonchev–Trinajstić information content (AvgIpc) is 3.17. The van der Waals surface area contributed by atoms with Crippen LogP contribution in [-0.2, 0) is 4.79 Å². The van der Waals surface area contributed by atoms with Gasteiger partial charge in [-0.1, -0.05) is 13.0 Å². The molecule has 1 fully saturated rings. The predicted octanol–water partition coefficient (Wildman–Crippen LogP) is 2.51. The van der Waals surface area contributed by atoms with Gasteiger partial charge in [-0.05, 0) is 56.2 Å². The van der Waals surface area contributed by atoms with Crippen LogP contribution in [0.15, 0.2) is 12.1 Å². The molecule has 0 spiro atoms. The fourth-order valence-corrected chi connectivity index (χ4v) is 3.43. The third kappa shape index (κ3) is 2.77. The lowest BCUT2D eigenvalue weighted by molar-refractivity contribution is -0.123. The van der Waals surface area contributed by atoms with Crippen molar-refractivity contribution in [2.45, 2.75) is 64.1 Å². The molecule has 0 saturated heterocycles. The van der Waals surface area contributed by atoms with E-state index in [-0.39, 0.29) is 18.0 Å². The van der Waals surface area contributed by atoms with Gasteiger partial charge in [-0.3, -0.25) is 10.1 Å². The number of phenolic OH excluding ortho intramolecular Hbond substituents is 1. The monoisotopic (exact) mass is 288 g/mol. The van der Waals surface area contributed by atoms with Gasteiger partial charge in [0.25, 0.3) is 0 Å². The normalized spacial score (nSPS) is 25.5. The van der Waals surface area contributed by atoms with Crippen LogP contribution in [-0.4, -0.2) is 23.1 Å². The van der Waals surface area contributed by atoms with Gasteiger partial charge in [0.15, 0.2) is 0 Å². The van der Waals surface area contributed by atoms with Crippen molar-refractivity contribution in [1.82, 2.24) is 10.6 Å². The summed E-state index contributed by atoms with van der Waals surface area (Å²) in [5.74, 6) is 0.807. The van der Waals surface area contributed by atoms with Crippen molar-refractivity contribution < 1.29 is 9.90 Å². The van der Waals surface area contributed by atoms with E-state index in [0.29, 0.717) is 17.7 Å². The first-order valence-electron chi connectivity index (χ1n) is 7.86.